The van der Waals surface area contributed by atoms with E-state index in [1.807, 2.05) is 12.1 Å². The Morgan fingerprint density at radius 2 is 1.96 bits per heavy atom. The van der Waals surface area contributed by atoms with Crippen LogP contribution in [0.3, 0.4) is 0 Å². The number of rotatable bonds is 6. The number of nitrogens with one attached hydrogen (secondary N) is 1. The normalized spacial score (nSPS) is 15.1. The van der Waals surface area contributed by atoms with Crippen molar-refractivity contribution in [2.24, 2.45) is 5.92 Å². The summed E-state index contributed by atoms with van der Waals surface area (Å²) in [7, 11) is 0. The molecule has 1 fully saturated rings. The maximum absolute atomic E-state index is 12.4. The van der Waals surface area contributed by atoms with Gasteiger partial charge in [-0.3, -0.25) is 9.78 Å². The number of carbonyl (C=O) groups excluding carboxylic acids is 1. The molecule has 4 rings (SSSR count). The Hall–Kier alpha value is -2.69. The molecule has 1 aliphatic rings. The van der Waals surface area contributed by atoms with E-state index in [1.54, 1.807) is 24.5 Å². The minimum atomic E-state index is -0.117. The van der Waals surface area contributed by atoms with Gasteiger partial charge in [0.25, 0.3) is 5.91 Å². The van der Waals surface area contributed by atoms with E-state index in [2.05, 4.69) is 27.0 Å². The summed E-state index contributed by atoms with van der Waals surface area (Å²) in [5.41, 5.74) is 2.72. The van der Waals surface area contributed by atoms with Crippen LogP contribution in [0.4, 0.5) is 0 Å². The number of aromatic nitrogens is 3. The molecule has 27 heavy (non-hydrogen) atoms. The van der Waals surface area contributed by atoms with Crippen LogP contribution >= 0.6 is 0 Å². The summed E-state index contributed by atoms with van der Waals surface area (Å²) < 4.78 is 2.29. The number of nitrogens with zero attached hydrogens (tertiary/aromatic N) is 3. The largest absolute Gasteiger partial charge is 0.345 e. The minimum absolute atomic E-state index is 0.117. The molecule has 2 aromatic heterocycles. The lowest BCUT2D eigenvalue weighted by Crippen LogP contribution is -2.25. The van der Waals surface area contributed by atoms with Crippen molar-refractivity contribution >= 4 is 16.9 Å². The second kappa shape index (κ2) is 8.33. The minimum Gasteiger partial charge on any atom is -0.345 e. The van der Waals surface area contributed by atoms with Gasteiger partial charge < -0.3 is 9.88 Å². The van der Waals surface area contributed by atoms with Crippen LogP contribution in [-0.2, 0) is 13.1 Å². The Morgan fingerprint density at radius 3 is 2.78 bits per heavy atom. The van der Waals surface area contributed by atoms with E-state index in [0.717, 1.165) is 29.3 Å². The Balaban J connectivity index is 1.50. The molecule has 0 radical (unpaired) electrons. The highest BCUT2D eigenvalue weighted by Crippen LogP contribution is 2.27. The summed E-state index contributed by atoms with van der Waals surface area (Å²) in [6.07, 6.45) is 11.2. The zero-order chi connectivity index (χ0) is 18.5. The molecule has 1 N–H and O–H groups in total. The summed E-state index contributed by atoms with van der Waals surface area (Å²) >= 11 is 0. The SMILES string of the molecule is O=C(NCc1nc2ccccc2n1CCC1CCCCC1)c1cccnc1. The van der Waals surface area contributed by atoms with Gasteiger partial charge in [0.2, 0.25) is 0 Å². The predicted octanol–water partition coefficient (Wildman–Crippen LogP) is 4.33. The third kappa shape index (κ3) is 4.18. The Labute approximate surface area is 159 Å². The molecule has 3 aromatic rings. The van der Waals surface area contributed by atoms with Crippen molar-refractivity contribution in [3.05, 3.63) is 60.2 Å². The van der Waals surface area contributed by atoms with Crippen molar-refractivity contribution in [2.45, 2.75) is 51.6 Å². The molecule has 5 heteroatoms. The van der Waals surface area contributed by atoms with Crippen LogP contribution in [0, 0.1) is 5.92 Å². The first kappa shape index (κ1) is 17.7. The maximum Gasteiger partial charge on any atom is 0.253 e. The van der Waals surface area contributed by atoms with Crippen LogP contribution < -0.4 is 5.32 Å². The van der Waals surface area contributed by atoms with E-state index >= 15 is 0 Å². The topological polar surface area (TPSA) is 59.8 Å². The number of hydrogen-bond acceptors (Lipinski definition) is 3. The highest BCUT2D eigenvalue weighted by Gasteiger charge is 2.16. The molecule has 1 amide bonds. The fraction of sp³-hybridized carbons (Fsp3) is 0.409. The van der Waals surface area contributed by atoms with E-state index < -0.39 is 0 Å². The van der Waals surface area contributed by atoms with Gasteiger partial charge in [0.15, 0.2) is 0 Å². The van der Waals surface area contributed by atoms with Crippen molar-refractivity contribution in [3.63, 3.8) is 0 Å². The number of hydrogen-bond donors (Lipinski definition) is 1. The first-order chi connectivity index (χ1) is 13.3. The van der Waals surface area contributed by atoms with Gasteiger partial charge in [-0.15, -0.1) is 0 Å². The zero-order valence-corrected chi connectivity index (χ0v) is 15.6. The molecule has 5 nitrogen and oxygen atoms in total. The number of amides is 1. The quantitative estimate of drug-likeness (QED) is 0.710. The first-order valence-electron chi connectivity index (χ1n) is 9.93. The van der Waals surface area contributed by atoms with Gasteiger partial charge in [0, 0.05) is 18.9 Å². The summed E-state index contributed by atoms with van der Waals surface area (Å²) in [5, 5.41) is 2.99. The third-order valence-electron chi connectivity index (χ3n) is 5.55. The average molecular weight is 362 g/mol. The van der Waals surface area contributed by atoms with E-state index in [9.17, 15) is 4.79 Å². The Morgan fingerprint density at radius 1 is 1.11 bits per heavy atom. The van der Waals surface area contributed by atoms with E-state index in [4.69, 9.17) is 4.98 Å². The monoisotopic (exact) mass is 362 g/mol. The molecule has 0 atom stereocenters. The van der Waals surface area contributed by atoms with Gasteiger partial charge >= 0.3 is 0 Å². The zero-order valence-electron chi connectivity index (χ0n) is 15.6. The Bertz CT molecular complexity index is 897. The van der Waals surface area contributed by atoms with Gasteiger partial charge in [-0.2, -0.15) is 0 Å². The van der Waals surface area contributed by atoms with E-state index in [1.165, 1.54) is 38.5 Å². The second-order valence-corrected chi connectivity index (χ2v) is 7.39. The van der Waals surface area contributed by atoms with Crippen LogP contribution in [0.25, 0.3) is 11.0 Å². The number of fused-ring (bicyclic) bond motifs is 1. The van der Waals surface area contributed by atoms with Crippen LogP contribution in [0.2, 0.25) is 0 Å². The lowest BCUT2D eigenvalue weighted by atomic mass is 9.87. The van der Waals surface area contributed by atoms with E-state index in [-0.39, 0.29) is 5.91 Å². The van der Waals surface area contributed by atoms with Crippen molar-refractivity contribution in [2.75, 3.05) is 0 Å². The highest BCUT2D eigenvalue weighted by atomic mass is 16.1. The fourth-order valence-corrected chi connectivity index (χ4v) is 4.06. The first-order valence-corrected chi connectivity index (χ1v) is 9.93. The molecule has 0 saturated heterocycles. The van der Waals surface area contributed by atoms with E-state index in [0.29, 0.717) is 12.1 Å². The van der Waals surface area contributed by atoms with Gasteiger partial charge in [-0.25, -0.2) is 4.98 Å². The average Bonchev–Trinajstić information content (AvgIpc) is 3.09. The third-order valence-corrected chi connectivity index (χ3v) is 5.55. The smallest absolute Gasteiger partial charge is 0.253 e. The van der Waals surface area contributed by atoms with Gasteiger partial charge in [-0.1, -0.05) is 44.2 Å². The molecule has 0 spiro atoms. The van der Waals surface area contributed by atoms with Crippen LogP contribution in [-0.4, -0.2) is 20.4 Å². The van der Waals surface area contributed by atoms with Gasteiger partial charge in [0.05, 0.1) is 23.1 Å². The van der Waals surface area contributed by atoms with Gasteiger partial charge in [-0.05, 0) is 36.6 Å². The van der Waals surface area contributed by atoms with Crippen molar-refractivity contribution in [3.8, 4) is 0 Å². The van der Waals surface area contributed by atoms with Crippen molar-refractivity contribution in [1.82, 2.24) is 19.9 Å². The molecule has 1 aromatic carbocycles. The maximum atomic E-state index is 12.4. The fourth-order valence-electron chi connectivity index (χ4n) is 4.06. The van der Waals surface area contributed by atoms with Crippen molar-refractivity contribution in [1.29, 1.82) is 0 Å². The highest BCUT2D eigenvalue weighted by molar-refractivity contribution is 5.93. The number of aryl methyl sites for hydroxylation is 1. The molecule has 1 aliphatic carbocycles. The predicted molar refractivity (Wildman–Crippen MR) is 106 cm³/mol. The molecular formula is C22H26N4O. The van der Waals surface area contributed by atoms with Crippen LogP contribution in [0.5, 0.6) is 0 Å². The molecule has 140 valence electrons. The number of carbonyl (C=O) groups is 1. The lowest BCUT2D eigenvalue weighted by Gasteiger charge is -2.22. The lowest BCUT2D eigenvalue weighted by molar-refractivity contribution is 0.0949. The summed E-state index contributed by atoms with van der Waals surface area (Å²) in [6, 6.07) is 11.8. The molecule has 0 unspecified atom stereocenters. The molecule has 0 bridgehead atoms. The molecule has 0 aliphatic heterocycles. The summed E-state index contributed by atoms with van der Waals surface area (Å²) in [5.74, 6) is 1.62. The van der Waals surface area contributed by atoms with Crippen LogP contribution in [0.15, 0.2) is 48.8 Å². The number of imidazole rings is 1. The number of benzene rings is 1. The summed E-state index contributed by atoms with van der Waals surface area (Å²) in [6.45, 7) is 1.39. The number of pyridine rings is 1. The second-order valence-electron chi connectivity index (χ2n) is 7.39. The number of para-hydroxylation sites is 2. The standard InChI is InChI=1S/C22H26N4O/c27-22(18-9-6-13-23-15-18)24-16-21-25-19-10-4-5-11-20(19)26(21)14-12-17-7-2-1-3-8-17/h4-6,9-11,13,15,17H,1-3,7-8,12,14,16H2,(H,24,27). The molecule has 1 saturated carbocycles. The molecule has 2 heterocycles. The van der Waals surface area contributed by atoms with Crippen LogP contribution in [0.1, 0.15) is 54.7 Å². The molecular weight excluding hydrogens is 336 g/mol. The van der Waals surface area contributed by atoms with Crippen molar-refractivity contribution < 1.29 is 4.79 Å². The Kier molecular flexibility index (Phi) is 5.47. The van der Waals surface area contributed by atoms with Gasteiger partial charge in [0.1, 0.15) is 5.82 Å². The summed E-state index contributed by atoms with van der Waals surface area (Å²) in [4.78, 5) is 21.1.